The van der Waals surface area contributed by atoms with Gasteiger partial charge in [0, 0.05) is 32.2 Å². The smallest absolute Gasteiger partial charge is 0.219 e. The summed E-state index contributed by atoms with van der Waals surface area (Å²) in [7, 11) is 1.83. The van der Waals surface area contributed by atoms with Crippen molar-refractivity contribution >= 4 is 11.6 Å². The van der Waals surface area contributed by atoms with Crippen molar-refractivity contribution in [2.24, 2.45) is 5.92 Å². The Morgan fingerprint density at radius 2 is 2.21 bits per heavy atom. The standard InChI is InChI=1S/C16H24N2O/c1-12(9-14-7-8-14)17-16-6-4-5-15(10-16)11-18(3)13(2)19/h4-6,10,12,14,17H,7-9,11H2,1-3H3. The lowest BCUT2D eigenvalue weighted by Crippen LogP contribution is -2.23. The number of carbonyl (C=O) groups is 1. The Hall–Kier alpha value is -1.51. The van der Waals surface area contributed by atoms with E-state index in [4.69, 9.17) is 0 Å². The van der Waals surface area contributed by atoms with Crippen LogP contribution in [0.2, 0.25) is 0 Å². The first kappa shape index (κ1) is 13.9. The van der Waals surface area contributed by atoms with Gasteiger partial charge in [0.05, 0.1) is 0 Å². The first-order chi connectivity index (χ1) is 9.04. The van der Waals surface area contributed by atoms with Gasteiger partial charge in [-0.15, -0.1) is 0 Å². The molecule has 1 amide bonds. The van der Waals surface area contributed by atoms with Crippen molar-refractivity contribution < 1.29 is 4.79 Å². The Kier molecular flexibility index (Phi) is 4.46. The van der Waals surface area contributed by atoms with Crippen LogP contribution in [-0.2, 0) is 11.3 Å². The first-order valence-electron chi connectivity index (χ1n) is 7.12. The summed E-state index contributed by atoms with van der Waals surface area (Å²) in [5, 5.41) is 3.55. The highest BCUT2D eigenvalue weighted by Crippen LogP contribution is 2.34. The van der Waals surface area contributed by atoms with Crippen LogP contribution in [0.25, 0.3) is 0 Å². The maximum atomic E-state index is 11.2. The minimum atomic E-state index is 0.0977. The van der Waals surface area contributed by atoms with Gasteiger partial charge >= 0.3 is 0 Å². The molecule has 3 heteroatoms. The van der Waals surface area contributed by atoms with E-state index < -0.39 is 0 Å². The van der Waals surface area contributed by atoms with Crippen LogP contribution in [0.5, 0.6) is 0 Å². The number of nitrogens with zero attached hydrogens (tertiary/aromatic N) is 1. The van der Waals surface area contributed by atoms with Crippen molar-refractivity contribution in [1.29, 1.82) is 0 Å². The molecule has 0 radical (unpaired) electrons. The molecule has 2 rings (SSSR count). The van der Waals surface area contributed by atoms with E-state index in [1.165, 1.54) is 24.8 Å². The molecule has 0 aromatic heterocycles. The normalized spacial score (nSPS) is 15.9. The molecule has 1 aliphatic rings. The average Bonchev–Trinajstić information content (AvgIpc) is 3.12. The maximum absolute atomic E-state index is 11.2. The second-order valence-corrected chi connectivity index (χ2v) is 5.80. The summed E-state index contributed by atoms with van der Waals surface area (Å²) in [5.41, 5.74) is 2.32. The van der Waals surface area contributed by atoms with Gasteiger partial charge in [0.15, 0.2) is 0 Å². The van der Waals surface area contributed by atoms with E-state index in [1.807, 2.05) is 7.05 Å². The monoisotopic (exact) mass is 260 g/mol. The largest absolute Gasteiger partial charge is 0.383 e. The zero-order valence-corrected chi connectivity index (χ0v) is 12.1. The summed E-state index contributed by atoms with van der Waals surface area (Å²) in [6.07, 6.45) is 4.06. The number of benzene rings is 1. The Morgan fingerprint density at radius 3 is 2.84 bits per heavy atom. The van der Waals surface area contributed by atoms with E-state index >= 15 is 0 Å². The Morgan fingerprint density at radius 1 is 1.47 bits per heavy atom. The van der Waals surface area contributed by atoms with Crippen LogP contribution in [0.4, 0.5) is 5.69 Å². The van der Waals surface area contributed by atoms with Gasteiger partial charge in [-0.05, 0) is 37.0 Å². The molecule has 19 heavy (non-hydrogen) atoms. The SMILES string of the molecule is CC(=O)N(C)Cc1cccc(NC(C)CC2CC2)c1. The number of amides is 1. The zero-order chi connectivity index (χ0) is 13.8. The first-order valence-corrected chi connectivity index (χ1v) is 7.12. The van der Waals surface area contributed by atoms with Gasteiger partial charge in [-0.2, -0.15) is 0 Å². The fourth-order valence-corrected chi connectivity index (χ4v) is 2.34. The van der Waals surface area contributed by atoms with E-state index in [1.54, 1.807) is 11.8 Å². The topological polar surface area (TPSA) is 32.3 Å². The number of anilines is 1. The van der Waals surface area contributed by atoms with Crippen LogP contribution in [0.1, 0.15) is 38.7 Å². The predicted octanol–water partition coefficient (Wildman–Crippen LogP) is 3.27. The molecule has 104 valence electrons. The van der Waals surface area contributed by atoms with E-state index in [2.05, 4.69) is 36.5 Å². The van der Waals surface area contributed by atoms with E-state index in [0.29, 0.717) is 12.6 Å². The number of hydrogen-bond donors (Lipinski definition) is 1. The van der Waals surface area contributed by atoms with Crippen molar-refractivity contribution in [2.45, 2.75) is 45.7 Å². The number of rotatable bonds is 6. The molecule has 0 aliphatic heterocycles. The van der Waals surface area contributed by atoms with Crippen molar-refractivity contribution in [1.82, 2.24) is 4.90 Å². The quantitative estimate of drug-likeness (QED) is 0.851. The summed E-state index contributed by atoms with van der Waals surface area (Å²) >= 11 is 0. The third-order valence-electron chi connectivity index (χ3n) is 3.68. The van der Waals surface area contributed by atoms with Gasteiger partial charge in [0.25, 0.3) is 0 Å². The minimum absolute atomic E-state index is 0.0977. The van der Waals surface area contributed by atoms with Gasteiger partial charge in [0.2, 0.25) is 5.91 Å². The second-order valence-electron chi connectivity index (χ2n) is 5.80. The summed E-state index contributed by atoms with van der Waals surface area (Å²) < 4.78 is 0. The van der Waals surface area contributed by atoms with Gasteiger partial charge in [-0.3, -0.25) is 4.79 Å². The van der Waals surface area contributed by atoms with Gasteiger partial charge in [0.1, 0.15) is 0 Å². The number of nitrogens with one attached hydrogen (secondary N) is 1. The molecule has 0 spiro atoms. The molecule has 1 atom stereocenters. The molecule has 1 saturated carbocycles. The van der Waals surface area contributed by atoms with E-state index in [-0.39, 0.29) is 5.91 Å². The second kappa shape index (κ2) is 6.09. The van der Waals surface area contributed by atoms with Crippen molar-refractivity contribution in [3.63, 3.8) is 0 Å². The van der Waals surface area contributed by atoms with Gasteiger partial charge < -0.3 is 10.2 Å². The molecule has 1 unspecified atom stereocenters. The Labute approximate surface area is 116 Å². The molecule has 0 bridgehead atoms. The maximum Gasteiger partial charge on any atom is 0.219 e. The molecule has 1 aliphatic carbocycles. The van der Waals surface area contributed by atoms with Crippen LogP contribution in [-0.4, -0.2) is 23.9 Å². The molecule has 1 aromatic rings. The van der Waals surface area contributed by atoms with Crippen molar-refractivity contribution in [2.75, 3.05) is 12.4 Å². The fourth-order valence-electron chi connectivity index (χ4n) is 2.34. The minimum Gasteiger partial charge on any atom is -0.383 e. The van der Waals surface area contributed by atoms with Gasteiger partial charge in [-0.25, -0.2) is 0 Å². The lowest BCUT2D eigenvalue weighted by Gasteiger charge is -2.18. The van der Waals surface area contributed by atoms with Gasteiger partial charge in [-0.1, -0.05) is 25.0 Å². The molecular formula is C16H24N2O. The Balaban J connectivity index is 1.91. The third kappa shape index (κ3) is 4.58. The van der Waals surface area contributed by atoms with E-state index in [9.17, 15) is 4.79 Å². The summed E-state index contributed by atoms with van der Waals surface area (Å²) in [6.45, 7) is 4.51. The predicted molar refractivity (Wildman–Crippen MR) is 79.0 cm³/mol. The third-order valence-corrected chi connectivity index (χ3v) is 3.68. The summed E-state index contributed by atoms with van der Waals surface area (Å²) in [4.78, 5) is 13.0. The van der Waals surface area contributed by atoms with Crippen LogP contribution in [0, 0.1) is 5.92 Å². The molecule has 1 aromatic carbocycles. The lowest BCUT2D eigenvalue weighted by molar-refractivity contribution is -0.128. The van der Waals surface area contributed by atoms with Crippen molar-refractivity contribution in [3.05, 3.63) is 29.8 Å². The molecule has 1 fully saturated rings. The molecule has 0 heterocycles. The molecule has 3 nitrogen and oxygen atoms in total. The van der Waals surface area contributed by atoms with Crippen LogP contribution in [0.3, 0.4) is 0 Å². The van der Waals surface area contributed by atoms with Crippen LogP contribution >= 0.6 is 0 Å². The zero-order valence-electron chi connectivity index (χ0n) is 12.1. The van der Waals surface area contributed by atoms with Crippen LogP contribution in [0.15, 0.2) is 24.3 Å². The molecule has 0 saturated heterocycles. The molecular weight excluding hydrogens is 236 g/mol. The number of carbonyl (C=O) groups excluding carboxylic acids is 1. The van der Waals surface area contributed by atoms with Crippen molar-refractivity contribution in [3.8, 4) is 0 Å². The summed E-state index contributed by atoms with van der Waals surface area (Å²) in [5.74, 6) is 1.04. The number of hydrogen-bond acceptors (Lipinski definition) is 2. The summed E-state index contributed by atoms with van der Waals surface area (Å²) in [6, 6.07) is 8.88. The molecule has 1 N–H and O–H groups in total. The highest BCUT2D eigenvalue weighted by atomic mass is 16.2. The van der Waals surface area contributed by atoms with E-state index in [0.717, 1.165) is 11.6 Å². The average molecular weight is 260 g/mol. The highest BCUT2D eigenvalue weighted by Gasteiger charge is 2.23. The fraction of sp³-hybridized carbons (Fsp3) is 0.562. The lowest BCUT2D eigenvalue weighted by atomic mass is 10.1. The Bertz CT molecular complexity index is 440. The van der Waals surface area contributed by atoms with Crippen LogP contribution < -0.4 is 5.32 Å². The highest BCUT2D eigenvalue weighted by molar-refractivity contribution is 5.72.